The van der Waals surface area contributed by atoms with Crippen LogP contribution in [0.3, 0.4) is 0 Å². The van der Waals surface area contributed by atoms with E-state index in [0.29, 0.717) is 21.3 Å². The number of anilines is 1. The Bertz CT molecular complexity index is 601. The molecule has 0 atom stereocenters. The summed E-state index contributed by atoms with van der Waals surface area (Å²) in [5.74, 6) is -0.291. The maximum absolute atomic E-state index is 12.0. The number of benzene rings is 2. The fourth-order valence-electron chi connectivity index (χ4n) is 1.43. The Labute approximate surface area is 123 Å². The summed E-state index contributed by atoms with van der Waals surface area (Å²) in [6, 6.07) is 12.1. The summed E-state index contributed by atoms with van der Waals surface area (Å²) in [6.45, 7) is 0. The standard InChI is InChI=1S/C13H8BrCl2NO/c14-8-5-6-11(16)12(7-8)17-13(18)9-3-1-2-4-10(9)15/h1-7H,(H,17,18). The minimum absolute atomic E-state index is 0.291. The molecule has 2 rings (SSSR count). The summed E-state index contributed by atoms with van der Waals surface area (Å²) in [4.78, 5) is 12.0. The van der Waals surface area contributed by atoms with Crippen LogP contribution in [0.1, 0.15) is 10.4 Å². The van der Waals surface area contributed by atoms with Crippen LogP contribution in [-0.4, -0.2) is 5.91 Å². The van der Waals surface area contributed by atoms with Crippen molar-refractivity contribution in [1.82, 2.24) is 0 Å². The van der Waals surface area contributed by atoms with Crippen LogP contribution in [0.2, 0.25) is 10.0 Å². The average molecular weight is 345 g/mol. The van der Waals surface area contributed by atoms with Crippen molar-refractivity contribution in [3.63, 3.8) is 0 Å². The number of halogens is 3. The van der Waals surface area contributed by atoms with E-state index in [1.54, 1.807) is 42.5 Å². The molecule has 0 unspecified atom stereocenters. The van der Waals surface area contributed by atoms with E-state index in [9.17, 15) is 4.79 Å². The summed E-state index contributed by atoms with van der Waals surface area (Å²) in [5.41, 5.74) is 0.950. The van der Waals surface area contributed by atoms with Gasteiger partial charge in [-0.2, -0.15) is 0 Å². The maximum atomic E-state index is 12.0. The quantitative estimate of drug-likeness (QED) is 0.815. The van der Waals surface area contributed by atoms with Crippen molar-refractivity contribution in [1.29, 1.82) is 0 Å². The largest absolute Gasteiger partial charge is 0.321 e. The van der Waals surface area contributed by atoms with E-state index < -0.39 is 0 Å². The first kappa shape index (κ1) is 13.4. The van der Waals surface area contributed by atoms with Gasteiger partial charge >= 0.3 is 0 Å². The molecule has 0 fully saturated rings. The summed E-state index contributed by atoms with van der Waals surface area (Å²) in [6.07, 6.45) is 0. The average Bonchev–Trinajstić information content (AvgIpc) is 2.34. The molecule has 2 aromatic carbocycles. The number of hydrogen-bond acceptors (Lipinski definition) is 1. The number of rotatable bonds is 2. The molecule has 1 N–H and O–H groups in total. The van der Waals surface area contributed by atoms with Crippen molar-refractivity contribution in [2.75, 3.05) is 5.32 Å². The van der Waals surface area contributed by atoms with Crippen LogP contribution in [0.5, 0.6) is 0 Å². The van der Waals surface area contributed by atoms with Gasteiger partial charge in [-0.3, -0.25) is 4.79 Å². The van der Waals surface area contributed by atoms with Gasteiger partial charge in [-0.25, -0.2) is 0 Å². The molecule has 18 heavy (non-hydrogen) atoms. The Balaban J connectivity index is 2.27. The molecule has 0 aliphatic carbocycles. The first-order valence-corrected chi connectivity index (χ1v) is 6.64. The number of carbonyl (C=O) groups excluding carboxylic acids is 1. The van der Waals surface area contributed by atoms with E-state index in [-0.39, 0.29) is 5.91 Å². The first-order valence-electron chi connectivity index (χ1n) is 5.09. The van der Waals surface area contributed by atoms with E-state index >= 15 is 0 Å². The molecule has 0 spiro atoms. The van der Waals surface area contributed by atoms with E-state index in [2.05, 4.69) is 21.2 Å². The third kappa shape index (κ3) is 3.05. The summed E-state index contributed by atoms with van der Waals surface area (Å²) >= 11 is 15.3. The zero-order chi connectivity index (χ0) is 13.1. The Morgan fingerprint density at radius 3 is 2.50 bits per heavy atom. The lowest BCUT2D eigenvalue weighted by Gasteiger charge is -2.08. The van der Waals surface area contributed by atoms with Crippen LogP contribution in [0, 0.1) is 0 Å². The summed E-state index contributed by atoms with van der Waals surface area (Å²) in [5, 5.41) is 3.60. The smallest absolute Gasteiger partial charge is 0.257 e. The van der Waals surface area contributed by atoms with Crippen LogP contribution < -0.4 is 5.32 Å². The Morgan fingerprint density at radius 2 is 1.78 bits per heavy atom. The highest BCUT2D eigenvalue weighted by molar-refractivity contribution is 9.10. The molecule has 92 valence electrons. The predicted molar refractivity (Wildman–Crippen MR) is 78.6 cm³/mol. The molecule has 0 aromatic heterocycles. The zero-order valence-electron chi connectivity index (χ0n) is 9.08. The molecule has 2 aromatic rings. The normalized spacial score (nSPS) is 10.2. The second-order valence-electron chi connectivity index (χ2n) is 3.56. The van der Waals surface area contributed by atoms with E-state index in [1.165, 1.54) is 0 Å². The molecule has 2 nitrogen and oxygen atoms in total. The fraction of sp³-hybridized carbons (Fsp3) is 0. The van der Waals surface area contributed by atoms with Crippen molar-refractivity contribution >= 4 is 50.7 Å². The van der Waals surface area contributed by atoms with E-state index in [1.807, 2.05) is 0 Å². The molecule has 0 aliphatic rings. The lowest BCUT2D eigenvalue weighted by molar-refractivity contribution is 0.102. The molecule has 5 heteroatoms. The second kappa shape index (κ2) is 5.74. The van der Waals surface area contributed by atoms with Crippen molar-refractivity contribution in [2.24, 2.45) is 0 Å². The van der Waals surface area contributed by atoms with Crippen LogP contribution in [0.25, 0.3) is 0 Å². The molecule has 1 amide bonds. The van der Waals surface area contributed by atoms with E-state index in [0.717, 1.165) is 4.47 Å². The highest BCUT2D eigenvalue weighted by Crippen LogP contribution is 2.26. The van der Waals surface area contributed by atoms with Crippen LogP contribution >= 0.6 is 39.1 Å². The third-order valence-electron chi connectivity index (χ3n) is 2.30. The Kier molecular flexibility index (Phi) is 4.27. The minimum atomic E-state index is -0.291. The first-order chi connectivity index (χ1) is 8.58. The van der Waals surface area contributed by atoms with Gasteiger partial charge in [0.25, 0.3) is 5.91 Å². The maximum Gasteiger partial charge on any atom is 0.257 e. The number of amides is 1. The topological polar surface area (TPSA) is 29.1 Å². The summed E-state index contributed by atoms with van der Waals surface area (Å²) in [7, 11) is 0. The molecule has 0 saturated carbocycles. The molecular formula is C13H8BrCl2NO. The van der Waals surface area contributed by atoms with Gasteiger partial charge in [0.1, 0.15) is 0 Å². The van der Waals surface area contributed by atoms with Gasteiger partial charge in [-0.1, -0.05) is 51.3 Å². The Hall–Kier alpha value is -1.03. The van der Waals surface area contributed by atoms with Gasteiger partial charge in [0, 0.05) is 4.47 Å². The highest BCUT2D eigenvalue weighted by Gasteiger charge is 2.11. The lowest BCUT2D eigenvalue weighted by atomic mass is 10.2. The number of carbonyl (C=O) groups is 1. The van der Waals surface area contributed by atoms with Crippen LogP contribution in [-0.2, 0) is 0 Å². The molecular weight excluding hydrogens is 337 g/mol. The van der Waals surface area contributed by atoms with Gasteiger partial charge in [-0.15, -0.1) is 0 Å². The van der Waals surface area contributed by atoms with Crippen molar-refractivity contribution < 1.29 is 4.79 Å². The van der Waals surface area contributed by atoms with Crippen molar-refractivity contribution in [3.05, 3.63) is 62.5 Å². The van der Waals surface area contributed by atoms with Gasteiger partial charge in [0.2, 0.25) is 0 Å². The van der Waals surface area contributed by atoms with Crippen molar-refractivity contribution in [3.8, 4) is 0 Å². The highest BCUT2D eigenvalue weighted by atomic mass is 79.9. The van der Waals surface area contributed by atoms with Gasteiger partial charge in [-0.05, 0) is 30.3 Å². The number of hydrogen-bond donors (Lipinski definition) is 1. The SMILES string of the molecule is O=C(Nc1cc(Br)ccc1Cl)c1ccccc1Cl. The Morgan fingerprint density at radius 1 is 1.06 bits per heavy atom. The molecule has 0 heterocycles. The van der Waals surface area contributed by atoms with Gasteiger partial charge in [0.15, 0.2) is 0 Å². The fourth-order valence-corrected chi connectivity index (χ4v) is 2.18. The minimum Gasteiger partial charge on any atom is -0.321 e. The van der Waals surface area contributed by atoms with Gasteiger partial charge < -0.3 is 5.32 Å². The number of nitrogens with one attached hydrogen (secondary N) is 1. The second-order valence-corrected chi connectivity index (χ2v) is 5.29. The van der Waals surface area contributed by atoms with Crippen LogP contribution in [0.15, 0.2) is 46.9 Å². The van der Waals surface area contributed by atoms with Crippen molar-refractivity contribution in [2.45, 2.75) is 0 Å². The molecule has 0 bridgehead atoms. The van der Waals surface area contributed by atoms with Crippen LogP contribution in [0.4, 0.5) is 5.69 Å². The van der Waals surface area contributed by atoms with E-state index in [4.69, 9.17) is 23.2 Å². The molecule has 0 saturated heterocycles. The monoisotopic (exact) mass is 343 g/mol. The predicted octanol–water partition coefficient (Wildman–Crippen LogP) is 5.01. The molecule has 0 radical (unpaired) electrons. The van der Waals surface area contributed by atoms with Gasteiger partial charge in [0.05, 0.1) is 21.3 Å². The summed E-state index contributed by atoms with van der Waals surface area (Å²) < 4.78 is 0.835. The lowest BCUT2D eigenvalue weighted by Crippen LogP contribution is -2.12. The molecule has 0 aliphatic heterocycles. The third-order valence-corrected chi connectivity index (χ3v) is 3.45. The zero-order valence-corrected chi connectivity index (χ0v) is 12.2.